The molecule has 23 heavy (non-hydrogen) atoms. The molecule has 0 saturated carbocycles. The first-order valence-electron chi connectivity index (χ1n) is 8.23. The van der Waals surface area contributed by atoms with Gasteiger partial charge in [-0.3, -0.25) is 9.59 Å². The summed E-state index contributed by atoms with van der Waals surface area (Å²) < 4.78 is 10.6. The van der Waals surface area contributed by atoms with Gasteiger partial charge in [-0.25, -0.2) is 0 Å². The van der Waals surface area contributed by atoms with Crippen molar-refractivity contribution in [1.29, 1.82) is 0 Å². The number of carbonyl (C=O) groups is 2. The van der Waals surface area contributed by atoms with E-state index >= 15 is 0 Å². The lowest BCUT2D eigenvalue weighted by Crippen LogP contribution is -2.46. The summed E-state index contributed by atoms with van der Waals surface area (Å²) >= 11 is 0. The van der Waals surface area contributed by atoms with Crippen LogP contribution in [0.4, 0.5) is 0 Å². The van der Waals surface area contributed by atoms with E-state index in [4.69, 9.17) is 9.15 Å². The summed E-state index contributed by atoms with van der Waals surface area (Å²) in [5.74, 6) is 0.276. The summed E-state index contributed by atoms with van der Waals surface area (Å²) in [4.78, 5) is 26.5. The van der Waals surface area contributed by atoms with Crippen LogP contribution in [-0.4, -0.2) is 49.1 Å². The molecule has 1 unspecified atom stereocenters. The predicted molar refractivity (Wildman–Crippen MR) is 84.1 cm³/mol. The summed E-state index contributed by atoms with van der Waals surface area (Å²) in [6.07, 6.45) is 4.53. The van der Waals surface area contributed by atoms with E-state index in [0.29, 0.717) is 11.3 Å². The zero-order valence-corrected chi connectivity index (χ0v) is 13.8. The van der Waals surface area contributed by atoms with Gasteiger partial charge in [0.2, 0.25) is 5.91 Å². The van der Waals surface area contributed by atoms with E-state index in [9.17, 15) is 9.59 Å². The Kier molecular flexibility index (Phi) is 4.43. The minimum absolute atomic E-state index is 0.0182. The molecule has 6 nitrogen and oxygen atoms in total. The van der Waals surface area contributed by atoms with Crippen LogP contribution < -0.4 is 5.32 Å². The van der Waals surface area contributed by atoms with Crippen molar-refractivity contribution in [2.75, 3.05) is 26.3 Å². The average Bonchev–Trinajstić information content (AvgIpc) is 3.11. The zero-order valence-electron chi connectivity index (χ0n) is 13.8. The van der Waals surface area contributed by atoms with E-state index in [0.717, 1.165) is 39.0 Å². The first kappa shape index (κ1) is 16.1. The van der Waals surface area contributed by atoms with Crippen molar-refractivity contribution in [2.45, 2.75) is 39.2 Å². The van der Waals surface area contributed by atoms with Crippen LogP contribution in [0.25, 0.3) is 0 Å². The van der Waals surface area contributed by atoms with Crippen LogP contribution in [0.2, 0.25) is 0 Å². The largest absolute Gasteiger partial charge is 0.469 e. The molecule has 3 rings (SSSR count). The Morgan fingerprint density at radius 1 is 1.35 bits per heavy atom. The van der Waals surface area contributed by atoms with Crippen molar-refractivity contribution in [1.82, 2.24) is 10.2 Å². The molecular weight excluding hydrogens is 296 g/mol. The fourth-order valence-corrected chi connectivity index (χ4v) is 3.84. The molecule has 0 bridgehead atoms. The fraction of sp³-hybridized carbons (Fsp3) is 0.647. The second-order valence-electron chi connectivity index (χ2n) is 6.56. The van der Waals surface area contributed by atoms with Gasteiger partial charge in [0, 0.05) is 25.8 Å². The molecule has 2 amide bonds. The molecule has 0 aliphatic carbocycles. The number of ether oxygens (including phenoxy) is 1. The van der Waals surface area contributed by atoms with Crippen molar-refractivity contribution in [3.05, 3.63) is 23.7 Å². The maximum atomic E-state index is 12.5. The van der Waals surface area contributed by atoms with Gasteiger partial charge in [-0.05, 0) is 44.6 Å². The summed E-state index contributed by atoms with van der Waals surface area (Å²) in [5.41, 5.74) is 0.673. The second kappa shape index (κ2) is 6.35. The highest BCUT2D eigenvalue weighted by Crippen LogP contribution is 2.44. The molecular formula is C17H24N2O4. The molecule has 1 atom stereocenters. The van der Waals surface area contributed by atoms with Gasteiger partial charge < -0.3 is 19.4 Å². The van der Waals surface area contributed by atoms with Gasteiger partial charge in [0.25, 0.3) is 5.91 Å². The number of nitrogens with one attached hydrogen (secondary N) is 1. The first-order chi connectivity index (χ1) is 11.0. The molecule has 1 aromatic heterocycles. The Hall–Kier alpha value is -1.82. The van der Waals surface area contributed by atoms with Gasteiger partial charge >= 0.3 is 0 Å². The standard InChI is InChI=1S/C17H24N2O4/c1-12-14(3-8-23-12)16(21)18-11-15(20)19-7-4-17(13(19)2)5-9-22-10-6-17/h3,8,13H,4-7,9-11H2,1-2H3,(H,18,21). The number of likely N-dealkylation sites (tertiary alicyclic amines) is 1. The third kappa shape index (κ3) is 3.00. The SMILES string of the molecule is Cc1occc1C(=O)NCC(=O)N1CCC2(CCOCC2)C1C. The van der Waals surface area contributed by atoms with Crippen LogP contribution in [0, 0.1) is 12.3 Å². The number of aryl methyl sites for hydroxylation is 1. The maximum Gasteiger partial charge on any atom is 0.255 e. The van der Waals surface area contributed by atoms with E-state index in [1.54, 1.807) is 13.0 Å². The Bertz CT molecular complexity index is 589. The lowest BCUT2D eigenvalue weighted by Gasteiger charge is -2.38. The topological polar surface area (TPSA) is 71.8 Å². The Labute approximate surface area is 136 Å². The Morgan fingerprint density at radius 2 is 2.09 bits per heavy atom. The third-order valence-corrected chi connectivity index (χ3v) is 5.52. The molecule has 2 fully saturated rings. The van der Waals surface area contributed by atoms with Crippen molar-refractivity contribution < 1.29 is 18.7 Å². The van der Waals surface area contributed by atoms with E-state index in [2.05, 4.69) is 12.2 Å². The fourth-order valence-electron chi connectivity index (χ4n) is 3.84. The summed E-state index contributed by atoms with van der Waals surface area (Å²) in [7, 11) is 0. The number of nitrogens with zero attached hydrogens (tertiary/aromatic N) is 1. The quantitative estimate of drug-likeness (QED) is 0.921. The number of amides is 2. The minimum atomic E-state index is -0.266. The first-order valence-corrected chi connectivity index (χ1v) is 8.23. The van der Waals surface area contributed by atoms with E-state index < -0.39 is 0 Å². The van der Waals surface area contributed by atoms with Gasteiger partial charge in [-0.15, -0.1) is 0 Å². The molecule has 1 spiro atoms. The van der Waals surface area contributed by atoms with Crippen molar-refractivity contribution >= 4 is 11.8 Å². The van der Waals surface area contributed by atoms with Crippen LogP contribution in [0.1, 0.15) is 42.3 Å². The van der Waals surface area contributed by atoms with E-state index in [1.807, 2.05) is 4.90 Å². The monoisotopic (exact) mass is 320 g/mol. The third-order valence-electron chi connectivity index (χ3n) is 5.52. The van der Waals surface area contributed by atoms with Crippen LogP contribution in [-0.2, 0) is 9.53 Å². The lowest BCUT2D eigenvalue weighted by molar-refractivity contribution is -0.132. The highest BCUT2D eigenvalue weighted by Gasteiger charge is 2.46. The number of hydrogen-bond donors (Lipinski definition) is 1. The van der Waals surface area contributed by atoms with Crippen LogP contribution in [0.5, 0.6) is 0 Å². The van der Waals surface area contributed by atoms with Crippen molar-refractivity contribution in [2.24, 2.45) is 5.41 Å². The Balaban J connectivity index is 1.57. The molecule has 1 aromatic rings. The molecule has 2 aliphatic rings. The van der Waals surface area contributed by atoms with Gasteiger partial charge in [0.15, 0.2) is 0 Å². The number of furan rings is 1. The average molecular weight is 320 g/mol. The summed E-state index contributed by atoms with van der Waals surface area (Å²) in [6.45, 7) is 6.21. The summed E-state index contributed by atoms with van der Waals surface area (Å²) in [6, 6.07) is 1.82. The van der Waals surface area contributed by atoms with Crippen LogP contribution in [0.15, 0.2) is 16.7 Å². The predicted octanol–water partition coefficient (Wildman–Crippen LogP) is 1.74. The zero-order chi connectivity index (χ0) is 16.4. The minimum Gasteiger partial charge on any atom is -0.469 e. The summed E-state index contributed by atoms with van der Waals surface area (Å²) in [5, 5.41) is 2.70. The Morgan fingerprint density at radius 3 is 2.74 bits per heavy atom. The van der Waals surface area contributed by atoms with Crippen molar-refractivity contribution in [3.8, 4) is 0 Å². The van der Waals surface area contributed by atoms with E-state index in [1.165, 1.54) is 6.26 Å². The van der Waals surface area contributed by atoms with Gasteiger partial charge in [0.05, 0.1) is 18.4 Å². The molecule has 0 aromatic carbocycles. The highest BCUT2D eigenvalue weighted by molar-refractivity contribution is 5.97. The molecule has 3 heterocycles. The normalized spacial score (nSPS) is 23.2. The lowest BCUT2D eigenvalue weighted by atomic mass is 9.74. The van der Waals surface area contributed by atoms with Crippen LogP contribution >= 0.6 is 0 Å². The maximum absolute atomic E-state index is 12.5. The number of hydrogen-bond acceptors (Lipinski definition) is 4. The van der Waals surface area contributed by atoms with Crippen LogP contribution in [0.3, 0.4) is 0 Å². The molecule has 1 N–H and O–H groups in total. The van der Waals surface area contributed by atoms with Gasteiger partial charge in [-0.2, -0.15) is 0 Å². The highest BCUT2D eigenvalue weighted by atomic mass is 16.5. The smallest absolute Gasteiger partial charge is 0.255 e. The molecule has 126 valence electrons. The van der Waals surface area contributed by atoms with Crippen molar-refractivity contribution in [3.63, 3.8) is 0 Å². The second-order valence-corrected chi connectivity index (χ2v) is 6.56. The van der Waals surface area contributed by atoms with E-state index in [-0.39, 0.29) is 29.8 Å². The van der Waals surface area contributed by atoms with Gasteiger partial charge in [0.1, 0.15) is 5.76 Å². The molecule has 6 heteroatoms. The molecule has 2 saturated heterocycles. The van der Waals surface area contributed by atoms with Gasteiger partial charge in [-0.1, -0.05) is 0 Å². The number of rotatable bonds is 3. The molecule has 2 aliphatic heterocycles. The molecule has 0 radical (unpaired) electrons. The number of carbonyl (C=O) groups excluding carboxylic acids is 2.